The first-order chi connectivity index (χ1) is 12.6. The molecule has 3 rings (SSSR count). The molecule has 9 heteroatoms. The van der Waals surface area contributed by atoms with Gasteiger partial charge in [0.05, 0.1) is 27.9 Å². The number of aliphatic carboxylic acids is 1. The Hall–Kier alpha value is -2.81. The van der Waals surface area contributed by atoms with Crippen molar-refractivity contribution in [1.82, 2.24) is 15.0 Å². The molecule has 140 valence electrons. The fourth-order valence-electron chi connectivity index (χ4n) is 3.12. The minimum Gasteiger partial charge on any atom is -0.493 e. The molecule has 26 heavy (non-hydrogen) atoms. The molecule has 1 fully saturated rings. The Morgan fingerprint density at radius 1 is 1.27 bits per heavy atom. The van der Waals surface area contributed by atoms with Crippen molar-refractivity contribution in [3.63, 3.8) is 0 Å². The van der Waals surface area contributed by atoms with Crippen LogP contribution in [0.2, 0.25) is 0 Å². The number of rotatable bonds is 7. The predicted octanol–water partition coefficient (Wildman–Crippen LogP) is 1.81. The van der Waals surface area contributed by atoms with Crippen molar-refractivity contribution in [3.05, 3.63) is 18.0 Å². The van der Waals surface area contributed by atoms with Gasteiger partial charge in [-0.1, -0.05) is 5.16 Å². The fourth-order valence-corrected chi connectivity index (χ4v) is 3.12. The molecule has 1 saturated heterocycles. The number of carboxylic acids is 1. The largest absolute Gasteiger partial charge is 0.493 e. The minimum absolute atomic E-state index is 0.300. The van der Waals surface area contributed by atoms with E-state index in [2.05, 4.69) is 10.1 Å². The van der Waals surface area contributed by atoms with Gasteiger partial charge in [-0.05, 0) is 31.5 Å². The topological polar surface area (TPSA) is 107 Å². The fraction of sp³-hybridized carbons (Fsp3) is 0.471. The zero-order valence-corrected chi connectivity index (χ0v) is 14.9. The summed E-state index contributed by atoms with van der Waals surface area (Å²) in [4.78, 5) is 17.5. The Morgan fingerprint density at radius 2 is 1.96 bits per heavy atom. The van der Waals surface area contributed by atoms with E-state index in [0.717, 1.165) is 6.42 Å². The van der Waals surface area contributed by atoms with Crippen LogP contribution in [0.1, 0.15) is 18.7 Å². The van der Waals surface area contributed by atoms with E-state index < -0.39 is 12.0 Å². The van der Waals surface area contributed by atoms with Crippen molar-refractivity contribution in [2.75, 3.05) is 27.9 Å². The van der Waals surface area contributed by atoms with Gasteiger partial charge >= 0.3 is 5.97 Å². The van der Waals surface area contributed by atoms with E-state index >= 15 is 0 Å². The van der Waals surface area contributed by atoms with Gasteiger partial charge in [-0.15, -0.1) is 0 Å². The molecule has 1 aliphatic heterocycles. The van der Waals surface area contributed by atoms with Crippen LogP contribution >= 0.6 is 0 Å². The van der Waals surface area contributed by atoms with Gasteiger partial charge in [0, 0.05) is 5.56 Å². The minimum atomic E-state index is -0.827. The maximum Gasteiger partial charge on any atom is 0.320 e. The number of methoxy groups -OCH3 is 3. The van der Waals surface area contributed by atoms with E-state index in [0.29, 0.717) is 54.0 Å². The number of aromatic nitrogens is 2. The molecule has 0 bridgehead atoms. The van der Waals surface area contributed by atoms with Crippen LogP contribution in [-0.4, -0.2) is 60.0 Å². The van der Waals surface area contributed by atoms with Crippen LogP contribution in [0.3, 0.4) is 0 Å². The molecule has 1 unspecified atom stereocenters. The smallest absolute Gasteiger partial charge is 0.320 e. The predicted molar refractivity (Wildman–Crippen MR) is 90.5 cm³/mol. The molecule has 1 aliphatic rings. The van der Waals surface area contributed by atoms with Gasteiger partial charge in [-0.3, -0.25) is 9.69 Å². The number of hydrogen-bond acceptors (Lipinski definition) is 8. The van der Waals surface area contributed by atoms with Gasteiger partial charge < -0.3 is 23.8 Å². The lowest BCUT2D eigenvalue weighted by Crippen LogP contribution is -2.35. The van der Waals surface area contributed by atoms with E-state index in [1.165, 1.54) is 21.3 Å². The number of carbonyl (C=O) groups is 1. The third-order valence-corrected chi connectivity index (χ3v) is 4.38. The standard InChI is InChI=1S/C17H21N3O6/c1-23-12-7-10(8-13(24-2)15(12)25-3)16-18-14(26-19-16)9-20-6-4-5-11(20)17(21)22/h7-8,11H,4-6,9H2,1-3H3,(H,21,22). The number of likely N-dealkylation sites (tertiary alicyclic amines) is 1. The SMILES string of the molecule is COc1cc(-c2noc(CN3CCCC3C(=O)O)n2)cc(OC)c1OC. The van der Waals surface area contributed by atoms with Crippen LogP contribution in [0.5, 0.6) is 17.2 Å². The molecule has 0 spiro atoms. The molecule has 1 aromatic carbocycles. The summed E-state index contributed by atoms with van der Waals surface area (Å²) in [6.45, 7) is 0.993. The van der Waals surface area contributed by atoms with E-state index in [1.54, 1.807) is 12.1 Å². The Bertz CT molecular complexity index is 766. The highest BCUT2D eigenvalue weighted by molar-refractivity contribution is 5.73. The first-order valence-electron chi connectivity index (χ1n) is 8.17. The average molecular weight is 363 g/mol. The maximum absolute atomic E-state index is 11.3. The van der Waals surface area contributed by atoms with E-state index in [-0.39, 0.29) is 0 Å². The van der Waals surface area contributed by atoms with Gasteiger partial charge in [0.2, 0.25) is 17.5 Å². The van der Waals surface area contributed by atoms with Crippen molar-refractivity contribution in [2.24, 2.45) is 0 Å². The Kier molecular flexibility index (Phi) is 5.27. The van der Waals surface area contributed by atoms with Crippen molar-refractivity contribution >= 4 is 5.97 Å². The molecule has 0 amide bonds. The summed E-state index contributed by atoms with van der Waals surface area (Å²) in [5, 5.41) is 13.3. The van der Waals surface area contributed by atoms with E-state index in [9.17, 15) is 9.90 Å². The number of carboxylic acid groups (broad SMARTS) is 1. The molecule has 1 aromatic heterocycles. The highest BCUT2D eigenvalue weighted by Gasteiger charge is 2.31. The summed E-state index contributed by atoms with van der Waals surface area (Å²) in [6, 6.07) is 2.95. The summed E-state index contributed by atoms with van der Waals surface area (Å²) < 4.78 is 21.3. The molecule has 9 nitrogen and oxygen atoms in total. The van der Waals surface area contributed by atoms with E-state index in [4.69, 9.17) is 18.7 Å². The van der Waals surface area contributed by atoms with Crippen molar-refractivity contribution in [1.29, 1.82) is 0 Å². The van der Waals surface area contributed by atoms with Crippen LogP contribution in [0.15, 0.2) is 16.7 Å². The molecule has 0 radical (unpaired) electrons. The second-order valence-corrected chi connectivity index (χ2v) is 5.89. The number of benzene rings is 1. The van der Waals surface area contributed by atoms with Crippen molar-refractivity contribution in [2.45, 2.75) is 25.4 Å². The van der Waals surface area contributed by atoms with Crippen LogP contribution in [0.4, 0.5) is 0 Å². The summed E-state index contributed by atoms with van der Waals surface area (Å²) in [7, 11) is 4.59. The maximum atomic E-state index is 11.3. The summed E-state index contributed by atoms with van der Waals surface area (Å²) in [5.41, 5.74) is 0.644. The molecule has 2 aromatic rings. The lowest BCUT2D eigenvalue weighted by atomic mass is 10.1. The zero-order chi connectivity index (χ0) is 18.7. The lowest BCUT2D eigenvalue weighted by Gasteiger charge is -2.18. The second kappa shape index (κ2) is 7.61. The van der Waals surface area contributed by atoms with Gasteiger partial charge in [0.25, 0.3) is 0 Å². The van der Waals surface area contributed by atoms with Crippen molar-refractivity contribution < 1.29 is 28.6 Å². The number of hydrogen-bond donors (Lipinski definition) is 1. The third-order valence-electron chi connectivity index (χ3n) is 4.38. The Balaban J connectivity index is 1.84. The number of ether oxygens (including phenoxy) is 3. The van der Waals surface area contributed by atoms with Crippen molar-refractivity contribution in [3.8, 4) is 28.6 Å². The first-order valence-corrected chi connectivity index (χ1v) is 8.17. The quantitative estimate of drug-likeness (QED) is 0.788. The van der Waals surface area contributed by atoms with E-state index in [1.807, 2.05) is 4.90 Å². The highest BCUT2D eigenvalue weighted by Crippen LogP contribution is 2.40. The monoisotopic (exact) mass is 363 g/mol. The number of nitrogens with zero attached hydrogens (tertiary/aromatic N) is 3. The van der Waals surface area contributed by atoms with Crippen LogP contribution in [0.25, 0.3) is 11.4 Å². The van der Waals surface area contributed by atoms with Gasteiger partial charge in [0.15, 0.2) is 11.5 Å². The Morgan fingerprint density at radius 3 is 2.54 bits per heavy atom. The summed E-state index contributed by atoms with van der Waals surface area (Å²) >= 11 is 0. The normalized spacial score (nSPS) is 17.3. The summed E-state index contributed by atoms with van der Waals surface area (Å²) in [6.07, 6.45) is 1.47. The molecule has 1 N–H and O–H groups in total. The summed E-state index contributed by atoms with van der Waals surface area (Å²) in [5.74, 6) is 1.35. The van der Waals surface area contributed by atoms with Crippen LogP contribution < -0.4 is 14.2 Å². The first kappa shape index (κ1) is 18.0. The molecular formula is C17H21N3O6. The second-order valence-electron chi connectivity index (χ2n) is 5.89. The molecule has 0 aliphatic carbocycles. The lowest BCUT2D eigenvalue weighted by molar-refractivity contribution is -0.142. The Labute approximate surface area is 150 Å². The molecule has 2 heterocycles. The van der Waals surface area contributed by atoms with Gasteiger partial charge in [-0.2, -0.15) is 4.98 Å². The molecular weight excluding hydrogens is 342 g/mol. The van der Waals surface area contributed by atoms with Gasteiger partial charge in [-0.25, -0.2) is 0 Å². The molecule has 0 saturated carbocycles. The van der Waals surface area contributed by atoms with Gasteiger partial charge in [0.1, 0.15) is 6.04 Å². The van der Waals surface area contributed by atoms with Crippen LogP contribution in [0, 0.1) is 0 Å². The zero-order valence-electron chi connectivity index (χ0n) is 14.9. The third kappa shape index (κ3) is 3.43. The molecule has 1 atom stereocenters. The highest BCUT2D eigenvalue weighted by atomic mass is 16.5. The van der Waals surface area contributed by atoms with Crippen LogP contribution in [-0.2, 0) is 11.3 Å². The average Bonchev–Trinajstić information content (AvgIpc) is 3.30.